The molecule has 2 N–H and O–H groups in total. The van der Waals surface area contributed by atoms with Gasteiger partial charge in [0.25, 0.3) is 0 Å². The van der Waals surface area contributed by atoms with Crippen LogP contribution < -0.4 is 10.5 Å². The highest BCUT2D eigenvalue weighted by Gasteiger charge is 2.60. The van der Waals surface area contributed by atoms with Gasteiger partial charge in [-0.3, -0.25) is 0 Å². The molecular formula is C13H20N2O. The topological polar surface area (TPSA) is 48.1 Å². The van der Waals surface area contributed by atoms with Crippen LogP contribution in [0.2, 0.25) is 0 Å². The Kier molecular flexibility index (Phi) is 2.46. The van der Waals surface area contributed by atoms with Crippen molar-refractivity contribution in [3.8, 4) is 5.88 Å². The molecule has 3 nitrogen and oxygen atoms in total. The van der Waals surface area contributed by atoms with Crippen molar-refractivity contribution in [3.63, 3.8) is 0 Å². The Labute approximate surface area is 97.0 Å². The third-order valence-corrected chi connectivity index (χ3v) is 3.34. The van der Waals surface area contributed by atoms with Crippen molar-refractivity contribution in [2.75, 3.05) is 0 Å². The molecule has 0 bridgehead atoms. The number of rotatable bonds is 3. The molecule has 1 atom stereocenters. The number of ether oxygens (including phenoxy) is 1. The fourth-order valence-electron chi connectivity index (χ4n) is 2.06. The van der Waals surface area contributed by atoms with E-state index in [0.29, 0.717) is 5.88 Å². The Morgan fingerprint density at radius 2 is 2.00 bits per heavy atom. The smallest absolute Gasteiger partial charge is 0.213 e. The van der Waals surface area contributed by atoms with Crippen molar-refractivity contribution < 1.29 is 4.74 Å². The summed E-state index contributed by atoms with van der Waals surface area (Å²) in [5.74, 6) is 0.667. The van der Waals surface area contributed by atoms with Gasteiger partial charge in [0.15, 0.2) is 0 Å². The van der Waals surface area contributed by atoms with Gasteiger partial charge in [0.1, 0.15) is 0 Å². The van der Waals surface area contributed by atoms with Crippen LogP contribution >= 0.6 is 0 Å². The Morgan fingerprint density at radius 3 is 2.50 bits per heavy atom. The molecule has 2 rings (SSSR count). The van der Waals surface area contributed by atoms with Crippen LogP contribution in [0.15, 0.2) is 18.2 Å². The van der Waals surface area contributed by atoms with Gasteiger partial charge in [-0.05, 0) is 31.7 Å². The minimum absolute atomic E-state index is 0.142. The molecule has 1 aliphatic carbocycles. The number of hydrogen-bond donors (Lipinski definition) is 1. The highest BCUT2D eigenvalue weighted by molar-refractivity contribution is 5.31. The SMILES string of the molecule is CC(C)Oc1cccc(C2(N)CC2(C)C)n1. The van der Waals surface area contributed by atoms with Crippen LogP contribution in [0.25, 0.3) is 0 Å². The molecule has 3 heteroatoms. The Balaban J connectivity index is 2.24. The van der Waals surface area contributed by atoms with Crippen LogP contribution in [0.1, 0.15) is 39.8 Å². The first-order valence-electron chi connectivity index (χ1n) is 5.78. The van der Waals surface area contributed by atoms with Gasteiger partial charge in [-0.25, -0.2) is 4.98 Å². The van der Waals surface area contributed by atoms with Crippen molar-refractivity contribution in [1.29, 1.82) is 0 Å². The molecule has 1 aromatic rings. The molecule has 88 valence electrons. The molecule has 0 aliphatic heterocycles. The van der Waals surface area contributed by atoms with Crippen LogP contribution in [0, 0.1) is 5.41 Å². The predicted molar refractivity (Wildman–Crippen MR) is 64.3 cm³/mol. The molecule has 1 unspecified atom stereocenters. The number of pyridine rings is 1. The van der Waals surface area contributed by atoms with Crippen LogP contribution in [0.3, 0.4) is 0 Å². The first-order chi connectivity index (χ1) is 7.35. The van der Waals surface area contributed by atoms with E-state index in [4.69, 9.17) is 10.5 Å². The minimum atomic E-state index is -0.274. The lowest BCUT2D eigenvalue weighted by molar-refractivity contribution is 0.231. The summed E-state index contributed by atoms with van der Waals surface area (Å²) in [7, 11) is 0. The zero-order valence-corrected chi connectivity index (χ0v) is 10.4. The van der Waals surface area contributed by atoms with Crippen LogP contribution in [-0.2, 0) is 5.54 Å². The summed E-state index contributed by atoms with van der Waals surface area (Å²) in [6, 6.07) is 5.83. The molecule has 16 heavy (non-hydrogen) atoms. The first-order valence-corrected chi connectivity index (χ1v) is 5.78. The second kappa shape index (κ2) is 3.45. The van der Waals surface area contributed by atoms with Gasteiger partial charge >= 0.3 is 0 Å². The molecule has 0 radical (unpaired) electrons. The van der Waals surface area contributed by atoms with Gasteiger partial charge in [-0.2, -0.15) is 0 Å². The second-order valence-electron chi connectivity index (χ2n) is 5.56. The van der Waals surface area contributed by atoms with Gasteiger partial charge in [0, 0.05) is 6.07 Å². The Bertz CT molecular complexity index is 401. The van der Waals surface area contributed by atoms with E-state index < -0.39 is 0 Å². The zero-order valence-electron chi connectivity index (χ0n) is 10.4. The Hall–Kier alpha value is -1.09. The summed E-state index contributed by atoms with van der Waals surface area (Å²) in [4.78, 5) is 4.50. The van der Waals surface area contributed by atoms with E-state index in [1.54, 1.807) is 0 Å². The van der Waals surface area contributed by atoms with Gasteiger partial charge in [-0.15, -0.1) is 0 Å². The van der Waals surface area contributed by atoms with Crippen LogP contribution in [0.4, 0.5) is 0 Å². The highest BCUT2D eigenvalue weighted by atomic mass is 16.5. The average Bonchev–Trinajstić information content (AvgIpc) is 2.67. The minimum Gasteiger partial charge on any atom is -0.475 e. The summed E-state index contributed by atoms with van der Waals surface area (Å²) >= 11 is 0. The van der Waals surface area contributed by atoms with E-state index in [2.05, 4.69) is 18.8 Å². The molecule has 1 saturated carbocycles. The molecule has 0 amide bonds. The van der Waals surface area contributed by atoms with E-state index in [-0.39, 0.29) is 17.1 Å². The summed E-state index contributed by atoms with van der Waals surface area (Å²) in [6.45, 7) is 8.33. The number of nitrogens with two attached hydrogens (primary N) is 1. The maximum atomic E-state index is 6.33. The van der Waals surface area contributed by atoms with Gasteiger partial charge in [0.2, 0.25) is 5.88 Å². The largest absolute Gasteiger partial charge is 0.475 e. The number of nitrogens with zero attached hydrogens (tertiary/aromatic N) is 1. The summed E-state index contributed by atoms with van der Waals surface area (Å²) < 4.78 is 5.58. The zero-order chi connectivity index (χ0) is 12.0. The molecule has 1 aliphatic rings. The monoisotopic (exact) mass is 220 g/mol. The second-order valence-corrected chi connectivity index (χ2v) is 5.56. The first kappa shape index (κ1) is 11.4. The van der Waals surface area contributed by atoms with Crippen LogP contribution in [-0.4, -0.2) is 11.1 Å². The van der Waals surface area contributed by atoms with Crippen molar-refractivity contribution >= 4 is 0 Å². The third-order valence-electron chi connectivity index (χ3n) is 3.34. The summed E-state index contributed by atoms with van der Waals surface area (Å²) in [6.07, 6.45) is 1.13. The van der Waals surface area contributed by atoms with E-state index in [9.17, 15) is 0 Å². The molecule has 0 saturated heterocycles. The molecule has 0 spiro atoms. The molecule has 0 aromatic carbocycles. The van der Waals surface area contributed by atoms with Crippen molar-refractivity contribution in [1.82, 2.24) is 4.98 Å². The maximum Gasteiger partial charge on any atom is 0.213 e. The van der Waals surface area contributed by atoms with Crippen LogP contribution in [0.5, 0.6) is 5.88 Å². The van der Waals surface area contributed by atoms with Gasteiger partial charge in [-0.1, -0.05) is 19.9 Å². The maximum absolute atomic E-state index is 6.33. The van der Waals surface area contributed by atoms with Crippen molar-refractivity contribution in [2.24, 2.45) is 11.1 Å². The molecular weight excluding hydrogens is 200 g/mol. The molecule has 1 fully saturated rings. The van der Waals surface area contributed by atoms with E-state index in [1.807, 2.05) is 32.0 Å². The van der Waals surface area contributed by atoms with E-state index >= 15 is 0 Å². The third kappa shape index (κ3) is 1.80. The summed E-state index contributed by atoms with van der Waals surface area (Å²) in [5, 5.41) is 0. The number of hydrogen-bond acceptors (Lipinski definition) is 3. The highest BCUT2D eigenvalue weighted by Crippen LogP contribution is 2.59. The lowest BCUT2D eigenvalue weighted by Gasteiger charge is -2.16. The lowest BCUT2D eigenvalue weighted by atomic mass is 10.0. The Morgan fingerprint density at radius 1 is 1.38 bits per heavy atom. The van der Waals surface area contributed by atoms with Gasteiger partial charge in [0.05, 0.1) is 17.3 Å². The fraction of sp³-hybridized carbons (Fsp3) is 0.615. The standard InChI is InChI=1S/C13H20N2O/c1-9(2)16-11-7-5-6-10(15-11)13(14)8-12(13,3)4/h5-7,9H,8,14H2,1-4H3. The lowest BCUT2D eigenvalue weighted by Crippen LogP contribution is -2.27. The molecule has 1 heterocycles. The van der Waals surface area contributed by atoms with E-state index in [1.165, 1.54) is 0 Å². The van der Waals surface area contributed by atoms with Crippen molar-refractivity contribution in [2.45, 2.75) is 45.8 Å². The van der Waals surface area contributed by atoms with E-state index in [0.717, 1.165) is 12.1 Å². The fourth-order valence-corrected chi connectivity index (χ4v) is 2.06. The quantitative estimate of drug-likeness (QED) is 0.851. The summed E-state index contributed by atoms with van der Waals surface area (Å²) in [5.41, 5.74) is 7.14. The average molecular weight is 220 g/mol. The van der Waals surface area contributed by atoms with Gasteiger partial charge < -0.3 is 10.5 Å². The van der Waals surface area contributed by atoms with Crippen molar-refractivity contribution in [3.05, 3.63) is 23.9 Å². The predicted octanol–water partition coefficient (Wildman–Crippen LogP) is 2.45. The molecule has 1 aromatic heterocycles. The number of aromatic nitrogens is 1. The normalized spacial score (nSPS) is 26.9.